The number of rotatable bonds is 8. The number of carboxylic acids is 1. The van der Waals surface area contributed by atoms with E-state index in [-0.39, 0.29) is 39.4 Å². The van der Waals surface area contributed by atoms with E-state index in [2.05, 4.69) is 25.3 Å². The van der Waals surface area contributed by atoms with E-state index >= 15 is 0 Å². The summed E-state index contributed by atoms with van der Waals surface area (Å²) in [7, 11) is 0. The third-order valence-corrected chi connectivity index (χ3v) is 4.14. The maximum Gasteiger partial charge on any atom is 0.573 e. The standard InChI is InChI=1S/C19H13ClF3N5O5/c20-11-4-5-15(28(31)32)14(7-11)25-16-8-13(26-18(27-16)24-9-17(29)30)10-2-1-3-12(6-10)33-19(21,22)23/h1-8H,9H2,(H,29,30)(H2,24,25,26,27). The molecule has 0 amide bonds. The lowest BCUT2D eigenvalue weighted by Gasteiger charge is -2.13. The number of carbonyl (C=O) groups is 1. The molecule has 2 aromatic carbocycles. The second-order valence-corrected chi connectivity index (χ2v) is 6.76. The number of benzene rings is 2. The second kappa shape index (κ2) is 9.56. The van der Waals surface area contributed by atoms with Crippen LogP contribution in [0.3, 0.4) is 0 Å². The van der Waals surface area contributed by atoms with Gasteiger partial charge in [-0.2, -0.15) is 4.98 Å². The molecule has 0 saturated carbocycles. The molecular weight excluding hydrogens is 471 g/mol. The number of nitro groups is 1. The molecule has 0 aliphatic rings. The van der Waals surface area contributed by atoms with E-state index in [1.807, 2.05) is 0 Å². The summed E-state index contributed by atoms with van der Waals surface area (Å²) < 4.78 is 41.6. The predicted molar refractivity (Wildman–Crippen MR) is 112 cm³/mol. The molecule has 0 saturated heterocycles. The van der Waals surface area contributed by atoms with Gasteiger partial charge in [-0.05, 0) is 24.3 Å². The van der Waals surface area contributed by atoms with Crippen molar-refractivity contribution in [3.05, 3.63) is 63.7 Å². The Kier molecular flexibility index (Phi) is 6.82. The number of ether oxygens (including phenoxy) is 1. The highest BCUT2D eigenvalue weighted by atomic mass is 35.5. The molecular formula is C19H13ClF3N5O5. The minimum absolute atomic E-state index is 0.0135. The third-order valence-electron chi connectivity index (χ3n) is 3.91. The van der Waals surface area contributed by atoms with Gasteiger partial charge in [-0.1, -0.05) is 23.7 Å². The van der Waals surface area contributed by atoms with E-state index in [4.69, 9.17) is 16.7 Å². The van der Waals surface area contributed by atoms with Crippen molar-refractivity contribution in [2.24, 2.45) is 0 Å². The van der Waals surface area contributed by atoms with Crippen LogP contribution in [0.2, 0.25) is 5.02 Å². The molecule has 3 rings (SSSR count). The molecule has 172 valence electrons. The van der Waals surface area contributed by atoms with Crippen LogP contribution in [-0.4, -0.2) is 38.9 Å². The highest BCUT2D eigenvalue weighted by molar-refractivity contribution is 6.31. The number of nitrogens with zero attached hydrogens (tertiary/aromatic N) is 3. The Labute approximate surface area is 188 Å². The van der Waals surface area contributed by atoms with Crippen molar-refractivity contribution >= 4 is 40.7 Å². The molecule has 0 aliphatic heterocycles. The number of halogens is 4. The highest BCUT2D eigenvalue weighted by Gasteiger charge is 2.31. The predicted octanol–water partition coefficient (Wildman–Crippen LogP) is 4.84. The number of carboxylic acid groups (broad SMARTS) is 1. The van der Waals surface area contributed by atoms with Gasteiger partial charge in [-0.3, -0.25) is 14.9 Å². The molecule has 0 atom stereocenters. The lowest BCUT2D eigenvalue weighted by atomic mass is 10.1. The van der Waals surface area contributed by atoms with Crippen molar-refractivity contribution in [2.45, 2.75) is 6.36 Å². The van der Waals surface area contributed by atoms with Gasteiger partial charge in [0.1, 0.15) is 23.8 Å². The molecule has 33 heavy (non-hydrogen) atoms. The van der Waals surface area contributed by atoms with Gasteiger partial charge in [-0.15, -0.1) is 13.2 Å². The number of aromatic nitrogens is 2. The van der Waals surface area contributed by atoms with Crippen molar-refractivity contribution in [1.82, 2.24) is 9.97 Å². The van der Waals surface area contributed by atoms with Crippen LogP contribution in [0.1, 0.15) is 0 Å². The fourth-order valence-corrected chi connectivity index (χ4v) is 2.82. The van der Waals surface area contributed by atoms with Gasteiger partial charge in [0, 0.05) is 22.7 Å². The fourth-order valence-electron chi connectivity index (χ4n) is 2.65. The smallest absolute Gasteiger partial charge is 0.480 e. The largest absolute Gasteiger partial charge is 0.573 e. The van der Waals surface area contributed by atoms with E-state index in [9.17, 15) is 28.1 Å². The molecule has 10 nitrogen and oxygen atoms in total. The molecule has 0 spiro atoms. The zero-order valence-electron chi connectivity index (χ0n) is 16.3. The van der Waals surface area contributed by atoms with Crippen molar-refractivity contribution in [3.8, 4) is 17.0 Å². The van der Waals surface area contributed by atoms with Crippen molar-refractivity contribution in [2.75, 3.05) is 17.2 Å². The van der Waals surface area contributed by atoms with Crippen LogP contribution in [0.5, 0.6) is 5.75 Å². The SMILES string of the molecule is O=C(O)CNc1nc(Nc2cc(Cl)ccc2[N+](=O)[O-])cc(-c2cccc(OC(F)(F)F)c2)n1. The molecule has 3 aromatic rings. The Morgan fingerprint density at radius 1 is 1.18 bits per heavy atom. The third kappa shape index (κ3) is 6.67. The number of anilines is 3. The average Bonchev–Trinajstić information content (AvgIpc) is 2.71. The normalized spacial score (nSPS) is 11.0. The van der Waals surface area contributed by atoms with Crippen molar-refractivity contribution in [1.29, 1.82) is 0 Å². The summed E-state index contributed by atoms with van der Waals surface area (Å²) in [6.45, 7) is -0.558. The van der Waals surface area contributed by atoms with E-state index in [1.54, 1.807) is 0 Å². The van der Waals surface area contributed by atoms with Crippen LogP contribution in [0.15, 0.2) is 48.5 Å². The number of aliphatic carboxylic acids is 1. The van der Waals surface area contributed by atoms with E-state index in [1.165, 1.54) is 36.4 Å². The Bertz CT molecular complexity index is 1210. The lowest BCUT2D eigenvalue weighted by Crippen LogP contribution is -2.17. The van der Waals surface area contributed by atoms with E-state index < -0.39 is 29.5 Å². The molecule has 0 aliphatic carbocycles. The minimum atomic E-state index is -4.91. The molecule has 1 aromatic heterocycles. The number of nitrogens with one attached hydrogen (secondary N) is 2. The first-order valence-corrected chi connectivity index (χ1v) is 9.30. The Balaban J connectivity index is 2.04. The number of alkyl halides is 3. The maximum absolute atomic E-state index is 12.6. The summed E-state index contributed by atoms with van der Waals surface area (Å²) in [6, 6.07) is 10.00. The van der Waals surface area contributed by atoms with Crippen LogP contribution < -0.4 is 15.4 Å². The summed E-state index contributed by atoms with van der Waals surface area (Å²) in [5.41, 5.74) is -0.0745. The Morgan fingerprint density at radius 3 is 2.61 bits per heavy atom. The summed E-state index contributed by atoms with van der Waals surface area (Å²) in [5, 5.41) is 25.6. The number of nitro benzene ring substituents is 1. The van der Waals surface area contributed by atoms with Crippen molar-refractivity contribution in [3.63, 3.8) is 0 Å². The van der Waals surface area contributed by atoms with Gasteiger partial charge < -0.3 is 20.5 Å². The fraction of sp³-hybridized carbons (Fsp3) is 0.105. The van der Waals surface area contributed by atoms with Gasteiger partial charge >= 0.3 is 12.3 Å². The van der Waals surface area contributed by atoms with Gasteiger partial charge in [0.2, 0.25) is 5.95 Å². The summed E-state index contributed by atoms with van der Waals surface area (Å²) in [4.78, 5) is 29.7. The van der Waals surface area contributed by atoms with Crippen LogP contribution in [-0.2, 0) is 4.79 Å². The monoisotopic (exact) mass is 483 g/mol. The quantitative estimate of drug-likeness (QED) is 0.303. The Morgan fingerprint density at radius 2 is 1.94 bits per heavy atom. The molecule has 0 unspecified atom stereocenters. The molecule has 14 heteroatoms. The number of hydrogen-bond donors (Lipinski definition) is 3. The summed E-state index contributed by atoms with van der Waals surface area (Å²) in [6.07, 6.45) is -4.91. The zero-order chi connectivity index (χ0) is 24.2. The van der Waals surface area contributed by atoms with Gasteiger partial charge in [0.15, 0.2) is 0 Å². The topological polar surface area (TPSA) is 140 Å². The first-order valence-electron chi connectivity index (χ1n) is 8.92. The summed E-state index contributed by atoms with van der Waals surface area (Å²) in [5.74, 6) is -1.92. The highest BCUT2D eigenvalue weighted by Crippen LogP contribution is 2.32. The zero-order valence-corrected chi connectivity index (χ0v) is 17.0. The van der Waals surface area contributed by atoms with Gasteiger partial charge in [-0.25, -0.2) is 4.98 Å². The van der Waals surface area contributed by atoms with Gasteiger partial charge in [0.05, 0.1) is 10.6 Å². The van der Waals surface area contributed by atoms with Gasteiger partial charge in [0.25, 0.3) is 5.69 Å². The summed E-state index contributed by atoms with van der Waals surface area (Å²) >= 11 is 5.92. The second-order valence-electron chi connectivity index (χ2n) is 6.33. The average molecular weight is 484 g/mol. The minimum Gasteiger partial charge on any atom is -0.480 e. The van der Waals surface area contributed by atoms with E-state index in [0.29, 0.717) is 0 Å². The van der Waals surface area contributed by atoms with Crippen LogP contribution in [0, 0.1) is 10.1 Å². The van der Waals surface area contributed by atoms with Crippen LogP contribution >= 0.6 is 11.6 Å². The lowest BCUT2D eigenvalue weighted by molar-refractivity contribution is -0.383. The van der Waals surface area contributed by atoms with Crippen LogP contribution in [0.25, 0.3) is 11.3 Å². The first kappa shape index (κ1) is 23.5. The molecule has 1 heterocycles. The molecule has 0 fully saturated rings. The molecule has 0 radical (unpaired) electrons. The number of hydrogen-bond acceptors (Lipinski definition) is 8. The Hall–Kier alpha value is -4.13. The van der Waals surface area contributed by atoms with Crippen molar-refractivity contribution < 1.29 is 32.7 Å². The first-order chi connectivity index (χ1) is 15.5. The molecule has 0 bridgehead atoms. The molecule has 3 N–H and O–H groups in total. The van der Waals surface area contributed by atoms with E-state index in [0.717, 1.165) is 12.1 Å². The van der Waals surface area contributed by atoms with Crippen LogP contribution in [0.4, 0.5) is 36.3 Å². The maximum atomic E-state index is 12.6.